The lowest BCUT2D eigenvalue weighted by atomic mass is 9.95. The summed E-state index contributed by atoms with van der Waals surface area (Å²) in [6, 6.07) is 11.8. The highest BCUT2D eigenvalue weighted by Crippen LogP contribution is 2.14. The topological polar surface area (TPSA) is 99.1 Å². The number of carbonyl (C=O) groups excluding carboxylic acids is 3. The third-order valence-corrected chi connectivity index (χ3v) is 4.51. The maximum absolute atomic E-state index is 12.5. The minimum absolute atomic E-state index is 0.278. The van der Waals surface area contributed by atoms with Crippen molar-refractivity contribution in [3.8, 4) is 6.07 Å². The molecule has 138 valence electrons. The lowest BCUT2D eigenvalue weighted by Gasteiger charge is -2.12. The highest BCUT2D eigenvalue weighted by Gasteiger charge is 2.28. The molecule has 0 spiro atoms. The Morgan fingerprint density at radius 2 is 1.33 bits per heavy atom. The van der Waals surface area contributed by atoms with E-state index in [1.807, 2.05) is 27.7 Å². The van der Waals surface area contributed by atoms with E-state index in [1.165, 1.54) is 0 Å². The zero-order valence-corrected chi connectivity index (χ0v) is 15.7. The minimum Gasteiger partial charge on any atom is -0.292 e. The minimum atomic E-state index is -1.55. The number of rotatable bonds is 4. The largest absolute Gasteiger partial charge is 0.292 e. The molecule has 2 rings (SSSR count). The van der Waals surface area contributed by atoms with E-state index in [0.29, 0.717) is 5.56 Å². The second kappa shape index (κ2) is 8.28. The third kappa shape index (κ3) is 4.59. The molecule has 0 aliphatic rings. The van der Waals surface area contributed by atoms with Crippen molar-refractivity contribution in [3.63, 3.8) is 0 Å². The van der Waals surface area contributed by atoms with Crippen molar-refractivity contribution in [1.82, 2.24) is 10.9 Å². The summed E-state index contributed by atoms with van der Waals surface area (Å²) < 4.78 is 0. The van der Waals surface area contributed by atoms with E-state index in [1.54, 1.807) is 42.5 Å². The van der Waals surface area contributed by atoms with Gasteiger partial charge in [-0.2, -0.15) is 5.26 Å². The van der Waals surface area contributed by atoms with Crippen LogP contribution in [0.2, 0.25) is 0 Å². The van der Waals surface area contributed by atoms with Crippen LogP contribution in [0.3, 0.4) is 0 Å². The standard InChI is InChI=1S/C21H21N3O3/c1-12-5-7-16(9-14(12)3)19(25)18(11-22)21(27)24-23-20(26)17-8-6-13(2)15(4)10-17/h5-10,18H,1-4H3,(H,23,26)(H,24,27)/t18-/m0/s1. The Balaban J connectivity index is 2.07. The Labute approximate surface area is 158 Å². The van der Waals surface area contributed by atoms with Gasteiger partial charge in [0.25, 0.3) is 11.8 Å². The molecule has 0 aliphatic carbocycles. The number of carbonyl (C=O) groups is 3. The number of Topliss-reactive ketones (excluding diaryl/α,β-unsaturated/α-hetero) is 1. The number of aryl methyl sites for hydroxylation is 4. The molecule has 0 fully saturated rings. The average Bonchev–Trinajstić information content (AvgIpc) is 2.64. The summed E-state index contributed by atoms with van der Waals surface area (Å²) in [6.45, 7) is 7.55. The molecule has 2 aromatic rings. The van der Waals surface area contributed by atoms with Crippen LogP contribution < -0.4 is 10.9 Å². The van der Waals surface area contributed by atoms with Crippen LogP contribution in [0.15, 0.2) is 36.4 Å². The SMILES string of the molecule is Cc1ccc(C(=O)NNC(=O)[C@@H](C#N)C(=O)c2ccc(C)c(C)c2)cc1C. The quantitative estimate of drug-likeness (QED) is 0.496. The molecule has 2 N–H and O–H groups in total. The van der Waals surface area contributed by atoms with Gasteiger partial charge in [0, 0.05) is 11.1 Å². The van der Waals surface area contributed by atoms with Crippen LogP contribution in [0.25, 0.3) is 0 Å². The molecule has 0 saturated carbocycles. The van der Waals surface area contributed by atoms with Crippen LogP contribution in [-0.2, 0) is 4.79 Å². The van der Waals surface area contributed by atoms with Crippen molar-refractivity contribution in [3.05, 3.63) is 69.8 Å². The summed E-state index contributed by atoms with van der Waals surface area (Å²) in [5, 5.41) is 9.26. The van der Waals surface area contributed by atoms with Crippen molar-refractivity contribution < 1.29 is 14.4 Å². The summed E-state index contributed by atoms with van der Waals surface area (Å²) >= 11 is 0. The molecule has 0 heterocycles. The number of nitriles is 1. The number of ketones is 1. The van der Waals surface area contributed by atoms with Crippen molar-refractivity contribution in [2.75, 3.05) is 0 Å². The van der Waals surface area contributed by atoms with Crippen molar-refractivity contribution in [2.45, 2.75) is 27.7 Å². The fourth-order valence-corrected chi connectivity index (χ4v) is 2.44. The Morgan fingerprint density at radius 3 is 1.85 bits per heavy atom. The van der Waals surface area contributed by atoms with E-state index in [0.717, 1.165) is 22.3 Å². The monoisotopic (exact) mass is 363 g/mol. The number of benzene rings is 2. The molecule has 0 radical (unpaired) electrons. The second-order valence-electron chi connectivity index (χ2n) is 6.47. The Hall–Kier alpha value is -3.46. The molecule has 1 atom stereocenters. The molecule has 0 aromatic heterocycles. The maximum atomic E-state index is 12.5. The first-order chi connectivity index (χ1) is 12.7. The molecular weight excluding hydrogens is 342 g/mol. The Bertz CT molecular complexity index is 958. The van der Waals surface area contributed by atoms with Gasteiger partial charge >= 0.3 is 0 Å². The van der Waals surface area contributed by atoms with Gasteiger partial charge in [-0.25, -0.2) is 0 Å². The number of hydrazine groups is 1. The van der Waals surface area contributed by atoms with Gasteiger partial charge in [0.15, 0.2) is 11.7 Å². The molecule has 6 nitrogen and oxygen atoms in total. The molecular formula is C21H21N3O3. The van der Waals surface area contributed by atoms with Gasteiger partial charge in [0.05, 0.1) is 6.07 Å². The molecule has 0 unspecified atom stereocenters. The first-order valence-corrected chi connectivity index (χ1v) is 8.43. The number of amides is 2. The highest BCUT2D eigenvalue weighted by molar-refractivity contribution is 6.12. The molecule has 2 amide bonds. The number of nitrogens with zero attached hydrogens (tertiary/aromatic N) is 1. The first kappa shape index (κ1) is 19.9. The number of nitrogens with one attached hydrogen (secondary N) is 2. The zero-order valence-electron chi connectivity index (χ0n) is 15.7. The summed E-state index contributed by atoms with van der Waals surface area (Å²) in [4.78, 5) is 36.9. The van der Waals surface area contributed by atoms with Crippen LogP contribution in [0.4, 0.5) is 0 Å². The summed E-state index contributed by atoms with van der Waals surface area (Å²) in [7, 11) is 0. The van der Waals surface area contributed by atoms with Crippen molar-refractivity contribution in [2.24, 2.45) is 5.92 Å². The number of hydrogen-bond acceptors (Lipinski definition) is 4. The summed E-state index contributed by atoms with van der Waals surface area (Å²) in [5.74, 6) is -3.56. The van der Waals surface area contributed by atoms with Gasteiger partial charge in [-0.15, -0.1) is 0 Å². The lowest BCUT2D eigenvalue weighted by molar-refractivity contribution is -0.123. The van der Waals surface area contributed by atoms with Gasteiger partial charge in [0.2, 0.25) is 0 Å². The van der Waals surface area contributed by atoms with E-state index in [2.05, 4.69) is 10.9 Å². The molecule has 0 saturated heterocycles. The maximum Gasteiger partial charge on any atom is 0.269 e. The first-order valence-electron chi connectivity index (χ1n) is 8.43. The predicted molar refractivity (Wildman–Crippen MR) is 101 cm³/mol. The van der Waals surface area contributed by atoms with Crippen LogP contribution in [-0.4, -0.2) is 17.6 Å². The van der Waals surface area contributed by atoms with Gasteiger partial charge in [0.1, 0.15) is 0 Å². The van der Waals surface area contributed by atoms with E-state index >= 15 is 0 Å². The van der Waals surface area contributed by atoms with E-state index in [9.17, 15) is 19.6 Å². The van der Waals surface area contributed by atoms with Gasteiger partial charge in [-0.3, -0.25) is 25.2 Å². The molecule has 27 heavy (non-hydrogen) atoms. The summed E-state index contributed by atoms with van der Waals surface area (Å²) in [6.07, 6.45) is 0. The molecule has 2 aromatic carbocycles. The molecule has 0 aliphatic heterocycles. The fourth-order valence-electron chi connectivity index (χ4n) is 2.44. The van der Waals surface area contributed by atoms with Gasteiger partial charge < -0.3 is 0 Å². The van der Waals surface area contributed by atoms with Crippen LogP contribution in [0.5, 0.6) is 0 Å². The molecule has 0 bridgehead atoms. The van der Waals surface area contributed by atoms with Crippen LogP contribution >= 0.6 is 0 Å². The highest BCUT2D eigenvalue weighted by atomic mass is 16.2. The lowest BCUT2D eigenvalue weighted by Crippen LogP contribution is -2.46. The normalized spacial score (nSPS) is 11.2. The van der Waals surface area contributed by atoms with Gasteiger partial charge in [-0.1, -0.05) is 18.2 Å². The number of hydrogen-bond donors (Lipinski definition) is 2. The van der Waals surface area contributed by atoms with Crippen molar-refractivity contribution in [1.29, 1.82) is 5.26 Å². The van der Waals surface area contributed by atoms with E-state index < -0.39 is 23.5 Å². The van der Waals surface area contributed by atoms with Crippen LogP contribution in [0, 0.1) is 44.9 Å². The second-order valence-corrected chi connectivity index (χ2v) is 6.47. The smallest absolute Gasteiger partial charge is 0.269 e. The average molecular weight is 363 g/mol. The van der Waals surface area contributed by atoms with Crippen LogP contribution in [0.1, 0.15) is 43.0 Å². The third-order valence-electron chi connectivity index (χ3n) is 4.51. The predicted octanol–water partition coefficient (Wildman–Crippen LogP) is 2.70. The van der Waals surface area contributed by atoms with Crippen molar-refractivity contribution >= 4 is 17.6 Å². The fraction of sp³-hybridized carbons (Fsp3) is 0.238. The van der Waals surface area contributed by atoms with E-state index in [-0.39, 0.29) is 5.56 Å². The van der Waals surface area contributed by atoms with Gasteiger partial charge in [-0.05, 0) is 68.1 Å². The summed E-state index contributed by atoms with van der Waals surface area (Å²) in [5.41, 5.74) is 8.93. The Morgan fingerprint density at radius 1 is 0.815 bits per heavy atom. The van der Waals surface area contributed by atoms with E-state index in [4.69, 9.17) is 0 Å². The molecule has 6 heteroatoms. The zero-order chi connectivity index (χ0) is 20.1. The Kier molecular flexibility index (Phi) is 6.09.